The van der Waals surface area contributed by atoms with Gasteiger partial charge >= 0.3 is 0 Å². The molecule has 0 amide bonds. The highest BCUT2D eigenvalue weighted by molar-refractivity contribution is 7.20. The maximum atomic E-state index is 6.69. The van der Waals surface area contributed by atoms with E-state index >= 15 is 0 Å². The first-order chi connectivity index (χ1) is 8.54. The predicted molar refractivity (Wildman–Crippen MR) is 84.6 cm³/mol. The van der Waals surface area contributed by atoms with Gasteiger partial charge < -0.3 is 0 Å². The molecule has 18 heavy (non-hydrogen) atoms. The van der Waals surface area contributed by atoms with Gasteiger partial charge in [-0.15, -0.1) is 0 Å². The van der Waals surface area contributed by atoms with Crippen molar-refractivity contribution < 1.29 is 0 Å². The highest BCUT2D eigenvalue weighted by Crippen LogP contribution is 2.43. The molecule has 0 saturated heterocycles. The molecular weight excluding hydrogens is 256 g/mol. The first-order valence-corrected chi connectivity index (χ1v) is 11.1. The summed E-state index contributed by atoms with van der Waals surface area (Å²) in [4.78, 5) is 0. The molecule has 1 aromatic carbocycles. The van der Waals surface area contributed by atoms with Crippen LogP contribution in [0.2, 0.25) is 13.1 Å². The van der Waals surface area contributed by atoms with Gasteiger partial charge in [-0.1, -0.05) is 63.2 Å². The van der Waals surface area contributed by atoms with E-state index in [1.54, 1.807) is 0 Å². The van der Waals surface area contributed by atoms with Crippen LogP contribution < -0.4 is 0 Å². The molecule has 0 fully saturated rings. The molecule has 2 rings (SSSR count). The zero-order chi connectivity index (χ0) is 13.2. The molecule has 0 bridgehead atoms. The molecule has 0 heterocycles. The zero-order valence-corrected chi connectivity index (χ0v) is 13.4. The van der Waals surface area contributed by atoms with E-state index < -0.39 is 7.38 Å². The van der Waals surface area contributed by atoms with Crippen molar-refractivity contribution in [3.8, 4) is 0 Å². The maximum Gasteiger partial charge on any atom is 0.161 e. The molecule has 0 radical (unpaired) electrons. The van der Waals surface area contributed by atoms with Crippen LogP contribution >= 0.6 is 11.1 Å². The molecular formula is C16H23ClSi. The molecule has 1 unspecified atom stereocenters. The number of halogens is 1. The van der Waals surface area contributed by atoms with Crippen molar-refractivity contribution in [1.29, 1.82) is 0 Å². The molecule has 0 aromatic heterocycles. The molecule has 0 nitrogen and oxygen atoms in total. The van der Waals surface area contributed by atoms with Crippen molar-refractivity contribution in [2.45, 2.75) is 51.2 Å². The van der Waals surface area contributed by atoms with Crippen molar-refractivity contribution in [1.82, 2.24) is 0 Å². The number of unbranched alkanes of at least 4 members (excludes halogenated alkanes) is 2. The molecule has 0 aliphatic heterocycles. The van der Waals surface area contributed by atoms with Gasteiger partial charge in [-0.3, -0.25) is 0 Å². The van der Waals surface area contributed by atoms with Crippen LogP contribution in [-0.2, 0) is 0 Å². The Bertz CT molecular complexity index is 443. The van der Waals surface area contributed by atoms with Crippen LogP contribution in [0.4, 0.5) is 0 Å². The highest BCUT2D eigenvalue weighted by Gasteiger charge is 2.35. The standard InChI is InChI=1S/C16H23ClSi/c1-4-5-6-9-13-12-16(18(2,3)17)15-11-8-7-10-14(13)15/h7-8,10-12,16H,4-6,9H2,1-3H3. The van der Waals surface area contributed by atoms with Crippen molar-refractivity contribution in [2.24, 2.45) is 0 Å². The Balaban J connectivity index is 2.25. The lowest BCUT2D eigenvalue weighted by Gasteiger charge is -2.21. The fourth-order valence-electron chi connectivity index (χ4n) is 2.79. The highest BCUT2D eigenvalue weighted by atomic mass is 35.6. The summed E-state index contributed by atoms with van der Waals surface area (Å²) >= 11 is 6.69. The Morgan fingerprint density at radius 3 is 2.56 bits per heavy atom. The smallest absolute Gasteiger partial charge is 0.161 e. The van der Waals surface area contributed by atoms with Crippen LogP contribution in [0, 0.1) is 0 Å². The minimum atomic E-state index is -1.67. The number of hydrogen-bond acceptors (Lipinski definition) is 0. The fourth-order valence-corrected chi connectivity index (χ4v) is 4.92. The van der Waals surface area contributed by atoms with Crippen LogP contribution in [0.5, 0.6) is 0 Å². The summed E-state index contributed by atoms with van der Waals surface area (Å²) in [5, 5.41) is 0. The number of fused-ring (bicyclic) bond motifs is 1. The Labute approximate surface area is 117 Å². The second kappa shape index (κ2) is 5.62. The Kier molecular flexibility index (Phi) is 4.34. The molecule has 0 N–H and O–H groups in total. The van der Waals surface area contributed by atoms with Gasteiger partial charge in [0.15, 0.2) is 7.38 Å². The summed E-state index contributed by atoms with van der Waals surface area (Å²) in [6.07, 6.45) is 7.58. The van der Waals surface area contributed by atoms with Gasteiger partial charge in [0.05, 0.1) is 0 Å². The van der Waals surface area contributed by atoms with E-state index in [1.807, 2.05) is 0 Å². The monoisotopic (exact) mass is 278 g/mol. The summed E-state index contributed by atoms with van der Waals surface area (Å²) in [7, 11) is -1.67. The van der Waals surface area contributed by atoms with Gasteiger partial charge in [0.25, 0.3) is 0 Å². The fraction of sp³-hybridized carbons (Fsp3) is 0.500. The summed E-state index contributed by atoms with van der Waals surface area (Å²) in [5.74, 6) is 0. The molecule has 98 valence electrons. The second-order valence-corrected chi connectivity index (χ2v) is 12.5. The van der Waals surface area contributed by atoms with Crippen molar-refractivity contribution in [3.63, 3.8) is 0 Å². The zero-order valence-electron chi connectivity index (χ0n) is 11.7. The minimum Gasteiger partial charge on any atom is -0.167 e. The van der Waals surface area contributed by atoms with Crippen LogP contribution in [0.1, 0.15) is 49.3 Å². The van der Waals surface area contributed by atoms with Crippen LogP contribution in [0.15, 0.2) is 30.3 Å². The normalized spacial score (nSPS) is 18.7. The first-order valence-electron chi connectivity index (χ1n) is 7.03. The van der Waals surface area contributed by atoms with E-state index in [4.69, 9.17) is 11.1 Å². The molecule has 1 atom stereocenters. The Hall–Kier alpha value is -0.533. The second-order valence-electron chi connectivity index (χ2n) is 5.78. The quantitative estimate of drug-likeness (QED) is 0.366. The predicted octanol–water partition coefficient (Wildman–Crippen LogP) is 5.73. The third-order valence-corrected chi connectivity index (χ3v) is 6.46. The molecule has 1 aliphatic carbocycles. The Morgan fingerprint density at radius 1 is 1.17 bits per heavy atom. The molecule has 2 heteroatoms. The van der Waals surface area contributed by atoms with Gasteiger partial charge in [0, 0.05) is 5.54 Å². The molecule has 0 saturated carbocycles. The van der Waals surface area contributed by atoms with E-state index in [2.05, 4.69) is 50.4 Å². The average Bonchev–Trinajstić information content (AvgIpc) is 2.69. The third-order valence-electron chi connectivity index (χ3n) is 3.80. The van der Waals surface area contributed by atoms with Gasteiger partial charge in [-0.05, 0) is 29.5 Å². The van der Waals surface area contributed by atoms with Crippen LogP contribution in [-0.4, -0.2) is 7.38 Å². The van der Waals surface area contributed by atoms with Crippen LogP contribution in [0.25, 0.3) is 5.57 Å². The number of rotatable bonds is 5. The van der Waals surface area contributed by atoms with Gasteiger partial charge in [-0.2, -0.15) is 11.1 Å². The Morgan fingerprint density at radius 2 is 1.89 bits per heavy atom. The number of benzene rings is 1. The largest absolute Gasteiger partial charge is 0.167 e. The van der Waals surface area contributed by atoms with Gasteiger partial charge in [0.1, 0.15) is 0 Å². The topological polar surface area (TPSA) is 0 Å². The SMILES string of the molecule is CCCCCC1=CC([Si](C)(C)Cl)c2ccccc21. The summed E-state index contributed by atoms with van der Waals surface area (Å²) < 4.78 is 0. The van der Waals surface area contributed by atoms with Crippen LogP contribution in [0.3, 0.4) is 0 Å². The van der Waals surface area contributed by atoms with E-state index in [0.717, 1.165) is 0 Å². The summed E-state index contributed by atoms with van der Waals surface area (Å²) in [5.41, 5.74) is 4.95. The third kappa shape index (κ3) is 2.89. The van der Waals surface area contributed by atoms with Gasteiger partial charge in [-0.25, -0.2) is 0 Å². The van der Waals surface area contributed by atoms with E-state index in [9.17, 15) is 0 Å². The molecule has 1 aromatic rings. The molecule has 0 spiro atoms. The maximum absolute atomic E-state index is 6.69. The summed E-state index contributed by atoms with van der Waals surface area (Å²) in [6, 6.07) is 8.83. The lowest BCUT2D eigenvalue weighted by atomic mass is 10.0. The van der Waals surface area contributed by atoms with E-state index in [0.29, 0.717) is 5.54 Å². The molecule has 1 aliphatic rings. The van der Waals surface area contributed by atoms with E-state index in [-0.39, 0.29) is 0 Å². The lowest BCUT2D eigenvalue weighted by Crippen LogP contribution is -2.25. The summed E-state index contributed by atoms with van der Waals surface area (Å²) in [6.45, 7) is 6.76. The number of allylic oxidation sites excluding steroid dienone is 2. The lowest BCUT2D eigenvalue weighted by molar-refractivity contribution is 0.735. The van der Waals surface area contributed by atoms with Gasteiger partial charge in [0.2, 0.25) is 0 Å². The average molecular weight is 279 g/mol. The number of hydrogen-bond donors (Lipinski definition) is 0. The van der Waals surface area contributed by atoms with Crippen molar-refractivity contribution in [2.75, 3.05) is 0 Å². The van der Waals surface area contributed by atoms with Crippen molar-refractivity contribution >= 4 is 24.0 Å². The van der Waals surface area contributed by atoms with Crippen molar-refractivity contribution in [3.05, 3.63) is 41.5 Å². The minimum absolute atomic E-state index is 0.493. The first kappa shape index (κ1) is 13.9. The van der Waals surface area contributed by atoms with E-state index in [1.165, 1.54) is 42.4 Å².